The molecular weight excluding hydrogens is 352 g/mol. The Hall–Kier alpha value is -3.38. The molecule has 0 saturated carbocycles. The summed E-state index contributed by atoms with van der Waals surface area (Å²) in [4.78, 5) is 24.1. The lowest BCUT2D eigenvalue weighted by Gasteiger charge is -2.04. The highest BCUT2D eigenvalue weighted by molar-refractivity contribution is 6.02. The second-order valence-electron chi connectivity index (χ2n) is 6.23. The van der Waals surface area contributed by atoms with Gasteiger partial charge in [0.2, 0.25) is 0 Å². The van der Waals surface area contributed by atoms with E-state index in [-0.39, 0.29) is 11.1 Å². The summed E-state index contributed by atoms with van der Waals surface area (Å²) in [5.74, 6) is -0.824. The number of amides is 2. The number of nitrogens with one attached hydrogen (secondary N) is 2. The summed E-state index contributed by atoms with van der Waals surface area (Å²) in [6, 6.07) is 10.8. The average Bonchev–Trinajstić information content (AvgIpc) is 2.70. The molecule has 2 amide bonds. The number of hydrogen-bond donors (Lipinski definition) is 2. The van der Waals surface area contributed by atoms with E-state index in [4.69, 9.17) is 0 Å². The van der Waals surface area contributed by atoms with Crippen molar-refractivity contribution in [1.29, 1.82) is 10.5 Å². The number of carbonyl (C=O) groups is 2. The van der Waals surface area contributed by atoms with Gasteiger partial charge >= 0.3 is 0 Å². The van der Waals surface area contributed by atoms with Crippen molar-refractivity contribution in [3.63, 3.8) is 0 Å². The summed E-state index contributed by atoms with van der Waals surface area (Å²) in [5, 5.41) is 23.9. The normalized spacial score (nSPS) is 11.3. The monoisotopic (exact) mass is 378 g/mol. The predicted molar refractivity (Wildman–Crippen MR) is 109 cm³/mol. The highest BCUT2D eigenvalue weighted by Crippen LogP contribution is 2.13. The molecule has 6 heteroatoms. The number of nitrogens with zero attached hydrogens (tertiary/aromatic N) is 2. The van der Waals surface area contributed by atoms with Crippen molar-refractivity contribution >= 4 is 24.0 Å². The zero-order valence-corrected chi connectivity index (χ0v) is 16.4. The molecule has 0 saturated heterocycles. The fourth-order valence-electron chi connectivity index (χ4n) is 2.32. The molecule has 0 heterocycles. The molecular formula is C22H26N4O2. The Bertz CT molecular complexity index is 760. The second-order valence-corrected chi connectivity index (χ2v) is 6.23. The first-order chi connectivity index (χ1) is 13.5. The maximum Gasteiger partial charge on any atom is 0.261 e. The molecule has 28 heavy (non-hydrogen) atoms. The molecule has 0 atom stereocenters. The third kappa shape index (κ3) is 7.88. The quantitative estimate of drug-likeness (QED) is 0.370. The van der Waals surface area contributed by atoms with E-state index in [1.807, 2.05) is 26.0 Å². The van der Waals surface area contributed by atoms with E-state index in [1.165, 1.54) is 12.2 Å². The summed E-state index contributed by atoms with van der Waals surface area (Å²) in [5.41, 5.74) is 1.30. The zero-order chi connectivity index (χ0) is 20.8. The highest BCUT2D eigenvalue weighted by Gasteiger charge is 2.10. The Kier molecular flexibility index (Phi) is 10.4. The smallest absolute Gasteiger partial charge is 0.261 e. The molecule has 2 N–H and O–H groups in total. The standard InChI is InChI=1S/C22H26N4O2/c1-3-5-10-25-21(27)19(15-23)13-17-8-7-9-18(12-17)14-20(16-24)22(28)26-11-6-4-2/h7-9,12-14H,3-6,10-11H2,1-2H3,(H,25,27)(H,26,28)/b19-13+,20-14+. The van der Waals surface area contributed by atoms with Crippen LogP contribution >= 0.6 is 0 Å². The number of rotatable bonds is 10. The SMILES string of the molecule is CCCCNC(=O)/C(C#N)=C/c1cccc(/C=C(\C#N)C(=O)NCCCC)c1. The van der Waals surface area contributed by atoms with Crippen molar-refractivity contribution < 1.29 is 9.59 Å². The Morgan fingerprint density at radius 1 is 0.893 bits per heavy atom. The van der Waals surface area contributed by atoms with Crippen molar-refractivity contribution in [2.75, 3.05) is 13.1 Å². The van der Waals surface area contributed by atoms with E-state index in [2.05, 4.69) is 10.6 Å². The molecule has 0 bridgehead atoms. The summed E-state index contributed by atoms with van der Waals surface area (Å²) < 4.78 is 0. The van der Waals surface area contributed by atoms with Crippen LogP contribution in [-0.2, 0) is 9.59 Å². The predicted octanol–water partition coefficient (Wildman–Crippen LogP) is 3.33. The second kappa shape index (κ2) is 12.9. The molecule has 1 aromatic rings. The van der Waals surface area contributed by atoms with Gasteiger partial charge in [-0.25, -0.2) is 0 Å². The first-order valence-electron chi connectivity index (χ1n) is 9.45. The molecule has 0 radical (unpaired) electrons. The van der Waals surface area contributed by atoms with Crippen molar-refractivity contribution in [2.45, 2.75) is 39.5 Å². The number of carbonyl (C=O) groups excluding carboxylic acids is 2. The molecule has 0 aromatic heterocycles. The zero-order valence-electron chi connectivity index (χ0n) is 16.4. The molecule has 0 unspecified atom stereocenters. The topological polar surface area (TPSA) is 106 Å². The van der Waals surface area contributed by atoms with E-state index in [1.54, 1.807) is 24.3 Å². The fraction of sp³-hybridized carbons (Fsp3) is 0.364. The average molecular weight is 378 g/mol. The Morgan fingerprint density at radius 3 is 1.68 bits per heavy atom. The first-order valence-corrected chi connectivity index (χ1v) is 9.45. The van der Waals surface area contributed by atoms with E-state index in [9.17, 15) is 20.1 Å². The van der Waals surface area contributed by atoms with Crippen LogP contribution in [0, 0.1) is 22.7 Å². The van der Waals surface area contributed by atoms with E-state index in [0.29, 0.717) is 24.2 Å². The number of hydrogen-bond acceptors (Lipinski definition) is 4. The molecule has 146 valence electrons. The lowest BCUT2D eigenvalue weighted by molar-refractivity contribution is -0.117. The molecule has 0 fully saturated rings. The van der Waals surface area contributed by atoms with Gasteiger partial charge in [-0.3, -0.25) is 9.59 Å². The third-order valence-corrected chi connectivity index (χ3v) is 3.89. The van der Waals surface area contributed by atoms with Gasteiger partial charge in [0.15, 0.2) is 0 Å². The maximum absolute atomic E-state index is 12.1. The van der Waals surface area contributed by atoms with Gasteiger partial charge in [0.05, 0.1) is 0 Å². The minimum absolute atomic E-state index is 0.00930. The van der Waals surface area contributed by atoms with E-state index >= 15 is 0 Å². The molecule has 6 nitrogen and oxygen atoms in total. The first kappa shape index (κ1) is 22.7. The van der Waals surface area contributed by atoms with Gasteiger partial charge in [0.25, 0.3) is 11.8 Å². The molecule has 0 aliphatic heterocycles. The number of unbranched alkanes of at least 4 members (excludes halogenated alkanes) is 2. The van der Waals surface area contributed by atoms with Gasteiger partial charge in [0, 0.05) is 13.1 Å². The highest BCUT2D eigenvalue weighted by atomic mass is 16.2. The number of nitriles is 2. The molecule has 0 aliphatic carbocycles. The van der Waals surface area contributed by atoms with Gasteiger partial charge < -0.3 is 10.6 Å². The van der Waals surface area contributed by atoms with Crippen LogP contribution in [0.3, 0.4) is 0 Å². The minimum Gasteiger partial charge on any atom is -0.351 e. The Labute approximate surface area is 166 Å². The Morgan fingerprint density at radius 2 is 1.32 bits per heavy atom. The van der Waals surface area contributed by atoms with E-state index in [0.717, 1.165) is 25.7 Å². The lowest BCUT2D eigenvalue weighted by atomic mass is 10.1. The molecule has 1 aromatic carbocycles. The van der Waals surface area contributed by atoms with E-state index < -0.39 is 11.8 Å². The largest absolute Gasteiger partial charge is 0.351 e. The third-order valence-electron chi connectivity index (χ3n) is 3.89. The van der Waals surface area contributed by atoms with Crippen LogP contribution in [0.4, 0.5) is 0 Å². The summed E-state index contributed by atoms with van der Waals surface area (Å²) in [7, 11) is 0. The number of benzene rings is 1. The van der Waals surface area contributed by atoms with Gasteiger partial charge in [-0.05, 0) is 42.2 Å². The van der Waals surface area contributed by atoms with Gasteiger partial charge in [-0.1, -0.05) is 44.9 Å². The van der Waals surface area contributed by atoms with Crippen LogP contribution in [0.25, 0.3) is 12.2 Å². The van der Waals surface area contributed by atoms with Crippen molar-refractivity contribution in [3.8, 4) is 12.1 Å². The van der Waals surface area contributed by atoms with Gasteiger partial charge in [-0.2, -0.15) is 10.5 Å². The van der Waals surface area contributed by atoms with Crippen molar-refractivity contribution in [3.05, 3.63) is 46.5 Å². The summed E-state index contributed by atoms with van der Waals surface area (Å²) in [6.45, 7) is 5.09. The lowest BCUT2D eigenvalue weighted by Crippen LogP contribution is -2.25. The van der Waals surface area contributed by atoms with Crippen LogP contribution in [-0.4, -0.2) is 24.9 Å². The van der Waals surface area contributed by atoms with Crippen molar-refractivity contribution in [2.24, 2.45) is 0 Å². The Balaban J connectivity index is 2.98. The van der Waals surface area contributed by atoms with Crippen molar-refractivity contribution in [1.82, 2.24) is 10.6 Å². The fourth-order valence-corrected chi connectivity index (χ4v) is 2.32. The van der Waals surface area contributed by atoms with Crippen LogP contribution in [0.5, 0.6) is 0 Å². The van der Waals surface area contributed by atoms with Crippen LogP contribution in [0.1, 0.15) is 50.7 Å². The molecule has 0 aliphatic rings. The molecule has 1 rings (SSSR count). The van der Waals surface area contributed by atoms with Crippen LogP contribution in [0.2, 0.25) is 0 Å². The summed E-state index contributed by atoms with van der Waals surface area (Å²) in [6.07, 6.45) is 6.59. The maximum atomic E-state index is 12.1. The van der Waals surface area contributed by atoms with Gasteiger partial charge in [0.1, 0.15) is 23.3 Å². The van der Waals surface area contributed by atoms with Crippen LogP contribution < -0.4 is 10.6 Å². The molecule has 0 spiro atoms. The summed E-state index contributed by atoms with van der Waals surface area (Å²) >= 11 is 0. The minimum atomic E-state index is -0.412. The van der Waals surface area contributed by atoms with Gasteiger partial charge in [-0.15, -0.1) is 0 Å². The van der Waals surface area contributed by atoms with Crippen LogP contribution in [0.15, 0.2) is 35.4 Å².